The summed E-state index contributed by atoms with van der Waals surface area (Å²) in [4.78, 5) is 22.3. The molecule has 46 heavy (non-hydrogen) atoms. The Hall–Kier alpha value is -4.74. The second kappa shape index (κ2) is 15.5. The van der Waals surface area contributed by atoms with Gasteiger partial charge in [-0.3, -0.25) is 10.2 Å². The molecule has 0 bridgehead atoms. The largest absolute Gasteiger partial charge is 0.494 e. The number of hydrogen-bond acceptors (Lipinski definition) is 7. The average Bonchev–Trinajstić information content (AvgIpc) is 3.46. The highest BCUT2D eigenvalue weighted by atomic mass is 79.9. The minimum atomic E-state index is -1.55. The molecule has 0 aromatic heterocycles. The van der Waals surface area contributed by atoms with Gasteiger partial charge in [-0.15, -0.1) is 0 Å². The van der Waals surface area contributed by atoms with Crippen molar-refractivity contribution in [1.82, 2.24) is 10.9 Å². The lowest BCUT2D eigenvalue weighted by Gasteiger charge is -2.31. The van der Waals surface area contributed by atoms with Crippen LogP contribution < -0.4 is 15.6 Å². The first-order valence-electron chi connectivity index (χ1n) is 14.7. The zero-order valence-corrected chi connectivity index (χ0v) is 26.4. The van der Waals surface area contributed by atoms with Crippen molar-refractivity contribution in [3.05, 3.63) is 140 Å². The standard InChI is InChI=1S/C34H32BrFN6O4/c35-27-14-10-24(11-15-27)31-34(22-26-7-2-4-9-30(26)40-42-37,33(44)41-38-19-18-23-6-1-3-8-29(23)36)39-32(46-31)25-12-16-28(17-13-25)45-21-5-20-43/h1-4,6-17,31,38,43H,5,18-22H2,(H,41,44)/t31-,34-/m0/s1. The molecule has 3 N–H and O–H groups in total. The number of hydrogen-bond donors (Lipinski definition) is 3. The topological polar surface area (TPSA) is 141 Å². The summed E-state index contributed by atoms with van der Waals surface area (Å²) in [5.41, 5.74) is 16.2. The van der Waals surface area contributed by atoms with Gasteiger partial charge in [0.15, 0.2) is 11.6 Å². The maximum Gasteiger partial charge on any atom is 0.266 e. The third-order valence-corrected chi connectivity index (χ3v) is 8.01. The molecule has 0 saturated carbocycles. The molecule has 1 heterocycles. The van der Waals surface area contributed by atoms with Crippen LogP contribution in [-0.2, 0) is 22.4 Å². The van der Waals surface area contributed by atoms with E-state index in [0.29, 0.717) is 53.1 Å². The smallest absolute Gasteiger partial charge is 0.266 e. The van der Waals surface area contributed by atoms with Crippen molar-refractivity contribution in [2.75, 3.05) is 19.8 Å². The van der Waals surface area contributed by atoms with Gasteiger partial charge < -0.3 is 14.6 Å². The van der Waals surface area contributed by atoms with Gasteiger partial charge in [-0.05, 0) is 71.1 Å². The Bertz CT molecular complexity index is 1730. The monoisotopic (exact) mass is 686 g/mol. The fourth-order valence-electron chi connectivity index (χ4n) is 5.17. The van der Waals surface area contributed by atoms with Gasteiger partial charge in [0.05, 0.1) is 6.61 Å². The molecule has 4 aromatic carbocycles. The molecular formula is C34H32BrFN6O4. The summed E-state index contributed by atoms with van der Waals surface area (Å²) in [5, 5.41) is 12.9. The minimum Gasteiger partial charge on any atom is -0.494 e. The number of aliphatic hydroxyl groups excluding tert-OH is 1. The number of azide groups is 1. The van der Waals surface area contributed by atoms with Crippen LogP contribution in [0.5, 0.6) is 5.75 Å². The van der Waals surface area contributed by atoms with Crippen molar-refractivity contribution in [2.24, 2.45) is 10.1 Å². The molecule has 1 amide bonds. The van der Waals surface area contributed by atoms with E-state index in [1.165, 1.54) is 6.07 Å². The summed E-state index contributed by atoms with van der Waals surface area (Å²) in [5.74, 6) is 0.0631. The predicted octanol–water partition coefficient (Wildman–Crippen LogP) is 6.65. The molecule has 4 aromatic rings. The van der Waals surface area contributed by atoms with Crippen LogP contribution in [0, 0.1) is 5.82 Å². The van der Waals surface area contributed by atoms with Crippen molar-refractivity contribution < 1.29 is 23.8 Å². The van der Waals surface area contributed by atoms with E-state index in [1.54, 1.807) is 66.7 Å². The number of nitrogens with one attached hydrogen (secondary N) is 2. The van der Waals surface area contributed by atoms with Crippen molar-refractivity contribution >= 4 is 33.4 Å². The average molecular weight is 688 g/mol. The molecule has 0 unspecified atom stereocenters. The maximum absolute atomic E-state index is 14.4. The van der Waals surface area contributed by atoms with Crippen LogP contribution in [-0.4, -0.2) is 42.2 Å². The normalized spacial score (nSPS) is 17.0. The Kier molecular flexibility index (Phi) is 11.0. The molecule has 2 atom stereocenters. The van der Waals surface area contributed by atoms with Gasteiger partial charge in [-0.2, -0.15) is 0 Å². The fraction of sp³-hybridized carbons (Fsp3) is 0.235. The highest BCUT2D eigenvalue weighted by Crippen LogP contribution is 2.44. The third kappa shape index (κ3) is 7.72. The molecule has 0 aliphatic carbocycles. The van der Waals surface area contributed by atoms with Gasteiger partial charge in [0.25, 0.3) is 5.91 Å². The van der Waals surface area contributed by atoms with Crippen molar-refractivity contribution in [1.29, 1.82) is 0 Å². The lowest BCUT2D eigenvalue weighted by atomic mass is 9.81. The summed E-state index contributed by atoms with van der Waals surface area (Å²) in [6.45, 7) is 0.665. The Morgan fingerprint density at radius 3 is 2.48 bits per heavy atom. The van der Waals surface area contributed by atoms with E-state index in [-0.39, 0.29) is 31.3 Å². The lowest BCUT2D eigenvalue weighted by molar-refractivity contribution is -0.130. The first kappa shape index (κ1) is 32.6. The van der Waals surface area contributed by atoms with Gasteiger partial charge in [-0.25, -0.2) is 14.8 Å². The molecule has 0 fully saturated rings. The molecule has 5 rings (SSSR count). The van der Waals surface area contributed by atoms with Crippen LogP contribution in [0.15, 0.2) is 112 Å². The van der Waals surface area contributed by atoms with Crippen LogP contribution in [0.3, 0.4) is 0 Å². The molecule has 0 spiro atoms. The molecule has 0 radical (unpaired) electrons. The van der Waals surface area contributed by atoms with Crippen molar-refractivity contribution in [2.45, 2.75) is 30.9 Å². The zero-order chi connectivity index (χ0) is 32.4. The van der Waals surface area contributed by atoms with Gasteiger partial charge >= 0.3 is 0 Å². The number of aliphatic hydroxyl groups is 1. The number of benzene rings is 4. The Balaban J connectivity index is 1.52. The van der Waals surface area contributed by atoms with Gasteiger partial charge in [0.1, 0.15) is 11.6 Å². The van der Waals surface area contributed by atoms with E-state index >= 15 is 0 Å². The minimum absolute atomic E-state index is 0.0329. The van der Waals surface area contributed by atoms with Crippen LogP contribution in [0.1, 0.15) is 34.8 Å². The number of carbonyl (C=O) groups excluding carboxylic acids is 1. The quantitative estimate of drug-likeness (QED) is 0.0448. The van der Waals surface area contributed by atoms with Gasteiger partial charge in [0.2, 0.25) is 5.90 Å². The summed E-state index contributed by atoms with van der Waals surface area (Å²) >= 11 is 3.48. The van der Waals surface area contributed by atoms with E-state index in [2.05, 4.69) is 36.8 Å². The first-order chi connectivity index (χ1) is 22.4. The Morgan fingerprint density at radius 1 is 1.04 bits per heavy atom. The Morgan fingerprint density at radius 2 is 1.76 bits per heavy atom. The SMILES string of the molecule is [N-]=[N+]=Nc1ccccc1C[C@]1(C(=O)NNCCc2ccccc2F)N=C(c2ccc(OCCCO)cc2)O[C@H]1c1ccc(Br)cc1. The van der Waals surface area contributed by atoms with Crippen LogP contribution in [0.25, 0.3) is 10.4 Å². The van der Waals surface area contributed by atoms with E-state index in [0.717, 1.165) is 4.47 Å². The highest BCUT2D eigenvalue weighted by Gasteiger charge is 2.53. The van der Waals surface area contributed by atoms with Crippen molar-refractivity contribution in [3.63, 3.8) is 0 Å². The van der Waals surface area contributed by atoms with E-state index in [4.69, 9.17) is 19.6 Å². The second-order valence-electron chi connectivity index (χ2n) is 10.6. The van der Waals surface area contributed by atoms with Crippen LogP contribution >= 0.6 is 15.9 Å². The summed E-state index contributed by atoms with van der Waals surface area (Å²) in [6.07, 6.45) is 0.0161. The molecule has 1 aliphatic rings. The number of halogens is 2. The van der Waals surface area contributed by atoms with E-state index in [1.807, 2.05) is 24.3 Å². The van der Waals surface area contributed by atoms with E-state index in [9.17, 15) is 14.7 Å². The molecule has 236 valence electrons. The number of rotatable bonds is 14. The number of amides is 1. The second-order valence-corrected chi connectivity index (χ2v) is 11.5. The van der Waals surface area contributed by atoms with Gasteiger partial charge in [0, 0.05) is 46.6 Å². The molecule has 12 heteroatoms. The zero-order valence-electron chi connectivity index (χ0n) is 24.8. The highest BCUT2D eigenvalue weighted by molar-refractivity contribution is 9.10. The van der Waals surface area contributed by atoms with Crippen molar-refractivity contribution in [3.8, 4) is 5.75 Å². The Labute approximate surface area is 274 Å². The third-order valence-electron chi connectivity index (χ3n) is 7.49. The van der Waals surface area contributed by atoms with E-state index < -0.39 is 17.6 Å². The molecule has 0 saturated heterocycles. The molecular weight excluding hydrogens is 655 g/mol. The summed E-state index contributed by atoms with van der Waals surface area (Å²) in [7, 11) is 0. The van der Waals surface area contributed by atoms with Crippen LogP contribution in [0.4, 0.5) is 10.1 Å². The summed E-state index contributed by atoms with van der Waals surface area (Å²) in [6, 6.07) is 28.1. The number of ether oxygens (including phenoxy) is 2. The summed E-state index contributed by atoms with van der Waals surface area (Å²) < 4.78 is 27.3. The fourth-order valence-corrected chi connectivity index (χ4v) is 5.43. The van der Waals surface area contributed by atoms with Gasteiger partial charge in [-0.1, -0.05) is 75.6 Å². The van der Waals surface area contributed by atoms with Crippen LogP contribution in [0.2, 0.25) is 0 Å². The number of carbonyl (C=O) groups is 1. The predicted molar refractivity (Wildman–Crippen MR) is 176 cm³/mol. The number of nitrogens with zero attached hydrogens (tertiary/aromatic N) is 4. The first-order valence-corrected chi connectivity index (χ1v) is 15.5. The lowest BCUT2D eigenvalue weighted by Crippen LogP contribution is -2.54. The molecule has 1 aliphatic heterocycles. The molecule has 10 nitrogen and oxygen atoms in total. The number of hydrazine groups is 1. The number of aliphatic imine (C=N–C) groups is 1. The maximum atomic E-state index is 14.4.